The molecule has 19 heavy (non-hydrogen) atoms. The Balaban J connectivity index is 1.99. The van der Waals surface area contributed by atoms with Gasteiger partial charge in [-0.2, -0.15) is 0 Å². The van der Waals surface area contributed by atoms with Crippen LogP contribution in [0.15, 0.2) is 0 Å². The minimum atomic E-state index is -0.670. The van der Waals surface area contributed by atoms with Crippen LogP contribution in [0.4, 0.5) is 4.79 Å². The number of rotatable bonds is 4. The van der Waals surface area contributed by atoms with Crippen LogP contribution in [0, 0.1) is 5.92 Å². The summed E-state index contributed by atoms with van der Waals surface area (Å²) in [6, 6.07) is -0.190. The summed E-state index contributed by atoms with van der Waals surface area (Å²) in [5.74, 6) is 0.477. The molecule has 0 bridgehead atoms. The van der Waals surface area contributed by atoms with Gasteiger partial charge < -0.3 is 5.32 Å². The summed E-state index contributed by atoms with van der Waals surface area (Å²) < 4.78 is 0. The Morgan fingerprint density at radius 2 is 1.84 bits per heavy atom. The molecule has 1 aliphatic heterocycles. The van der Waals surface area contributed by atoms with E-state index in [1.165, 1.54) is 30.6 Å². The fraction of sp³-hybridized carbons (Fsp3) is 0.867. The van der Waals surface area contributed by atoms with E-state index in [9.17, 15) is 9.59 Å². The number of imide groups is 1. The predicted octanol–water partition coefficient (Wildman–Crippen LogP) is 3.07. The summed E-state index contributed by atoms with van der Waals surface area (Å²) in [5.41, 5.74) is -0.670. The van der Waals surface area contributed by atoms with Gasteiger partial charge in [-0.1, -0.05) is 39.0 Å². The Morgan fingerprint density at radius 1 is 1.21 bits per heavy atom. The smallest absolute Gasteiger partial charge is 0.323 e. The highest BCUT2D eigenvalue weighted by Gasteiger charge is 2.47. The second-order valence-corrected chi connectivity index (χ2v) is 6.29. The van der Waals surface area contributed by atoms with Crippen LogP contribution in [0.3, 0.4) is 0 Å². The van der Waals surface area contributed by atoms with Gasteiger partial charge in [-0.3, -0.25) is 9.69 Å². The highest BCUT2D eigenvalue weighted by Crippen LogP contribution is 2.28. The molecule has 3 amide bonds. The van der Waals surface area contributed by atoms with Gasteiger partial charge in [0.2, 0.25) is 0 Å². The lowest BCUT2D eigenvalue weighted by Gasteiger charge is -2.23. The molecule has 1 N–H and O–H groups in total. The van der Waals surface area contributed by atoms with Crippen molar-refractivity contribution in [1.82, 2.24) is 10.2 Å². The van der Waals surface area contributed by atoms with Gasteiger partial charge in [-0.05, 0) is 32.1 Å². The van der Waals surface area contributed by atoms with Gasteiger partial charge in [0, 0.05) is 6.54 Å². The molecule has 4 nitrogen and oxygen atoms in total. The summed E-state index contributed by atoms with van der Waals surface area (Å²) in [4.78, 5) is 25.9. The monoisotopic (exact) mass is 266 g/mol. The van der Waals surface area contributed by atoms with E-state index >= 15 is 0 Å². The summed E-state index contributed by atoms with van der Waals surface area (Å²) in [5, 5.41) is 2.87. The molecule has 2 rings (SSSR count). The summed E-state index contributed by atoms with van der Waals surface area (Å²) >= 11 is 0. The number of nitrogens with one attached hydrogen (secondary N) is 1. The molecule has 0 unspecified atom stereocenters. The van der Waals surface area contributed by atoms with Crippen LogP contribution in [0.5, 0.6) is 0 Å². The zero-order valence-corrected chi connectivity index (χ0v) is 12.2. The lowest BCUT2D eigenvalue weighted by Crippen LogP contribution is -2.44. The first kappa shape index (κ1) is 14.4. The Labute approximate surface area is 115 Å². The van der Waals surface area contributed by atoms with Crippen LogP contribution in [-0.2, 0) is 4.79 Å². The van der Waals surface area contributed by atoms with Crippen molar-refractivity contribution in [3.05, 3.63) is 0 Å². The van der Waals surface area contributed by atoms with E-state index in [0.717, 1.165) is 25.7 Å². The van der Waals surface area contributed by atoms with Gasteiger partial charge >= 0.3 is 6.03 Å². The quantitative estimate of drug-likeness (QED) is 0.628. The van der Waals surface area contributed by atoms with Gasteiger partial charge in [0.05, 0.1) is 0 Å². The maximum absolute atomic E-state index is 12.4. The lowest BCUT2D eigenvalue weighted by atomic mass is 9.95. The van der Waals surface area contributed by atoms with E-state index in [1.807, 2.05) is 13.8 Å². The van der Waals surface area contributed by atoms with E-state index in [-0.39, 0.29) is 11.9 Å². The number of amides is 3. The predicted molar refractivity (Wildman–Crippen MR) is 74.7 cm³/mol. The Kier molecular flexibility index (Phi) is 4.48. The third kappa shape index (κ3) is 3.10. The largest absolute Gasteiger partial charge is 0.325 e. The molecule has 2 aliphatic rings. The molecule has 4 heteroatoms. The highest BCUT2D eigenvalue weighted by atomic mass is 16.2. The number of hydrogen-bond donors (Lipinski definition) is 1. The summed E-state index contributed by atoms with van der Waals surface area (Å²) in [7, 11) is 0. The number of nitrogens with zero attached hydrogens (tertiary/aromatic N) is 1. The highest BCUT2D eigenvalue weighted by molar-refractivity contribution is 6.06. The molecule has 1 atom stereocenters. The Morgan fingerprint density at radius 3 is 2.42 bits per heavy atom. The number of carbonyl (C=O) groups is 2. The van der Waals surface area contributed by atoms with Gasteiger partial charge in [0.25, 0.3) is 5.91 Å². The van der Waals surface area contributed by atoms with Gasteiger partial charge in [0.1, 0.15) is 5.54 Å². The minimum Gasteiger partial charge on any atom is -0.323 e. The topological polar surface area (TPSA) is 49.4 Å². The van der Waals surface area contributed by atoms with E-state index in [0.29, 0.717) is 12.5 Å². The van der Waals surface area contributed by atoms with Crippen molar-refractivity contribution < 1.29 is 9.59 Å². The van der Waals surface area contributed by atoms with Crippen molar-refractivity contribution in [2.45, 2.75) is 70.8 Å². The van der Waals surface area contributed by atoms with Crippen LogP contribution in [0.25, 0.3) is 0 Å². The molecular weight excluding hydrogens is 240 g/mol. The number of urea groups is 1. The van der Waals surface area contributed by atoms with Crippen molar-refractivity contribution in [2.24, 2.45) is 5.92 Å². The van der Waals surface area contributed by atoms with E-state index in [1.54, 1.807) is 0 Å². The minimum absolute atomic E-state index is 0.0244. The molecule has 1 saturated carbocycles. The number of hydrogen-bond acceptors (Lipinski definition) is 2. The standard InChI is InChI=1S/C15H26N2O2/c1-3-10-15(2)13(18)17(14(19)16-15)11-12-8-6-4-5-7-9-12/h12H,3-11H2,1-2H3,(H,16,19)/t15-/m0/s1. The van der Waals surface area contributed by atoms with Crippen molar-refractivity contribution in [2.75, 3.05) is 6.54 Å². The average molecular weight is 266 g/mol. The molecule has 2 fully saturated rings. The van der Waals surface area contributed by atoms with Crippen LogP contribution < -0.4 is 5.32 Å². The third-order valence-electron chi connectivity index (χ3n) is 4.51. The van der Waals surface area contributed by atoms with Crippen molar-refractivity contribution >= 4 is 11.9 Å². The third-order valence-corrected chi connectivity index (χ3v) is 4.51. The molecule has 1 heterocycles. The van der Waals surface area contributed by atoms with Crippen LogP contribution in [0.2, 0.25) is 0 Å². The van der Waals surface area contributed by atoms with Gasteiger partial charge in [-0.25, -0.2) is 4.79 Å². The molecule has 1 aliphatic carbocycles. The van der Waals surface area contributed by atoms with E-state index in [2.05, 4.69) is 5.32 Å². The van der Waals surface area contributed by atoms with Crippen LogP contribution in [0.1, 0.15) is 65.2 Å². The van der Waals surface area contributed by atoms with Crippen molar-refractivity contribution in [1.29, 1.82) is 0 Å². The first-order chi connectivity index (χ1) is 9.07. The average Bonchev–Trinajstić information content (AvgIpc) is 2.57. The normalized spacial score (nSPS) is 29.5. The molecule has 0 aromatic rings. The Bertz CT molecular complexity index is 348. The summed E-state index contributed by atoms with van der Waals surface area (Å²) in [6.07, 6.45) is 9.00. The second-order valence-electron chi connectivity index (χ2n) is 6.29. The van der Waals surface area contributed by atoms with Crippen molar-refractivity contribution in [3.8, 4) is 0 Å². The van der Waals surface area contributed by atoms with E-state index < -0.39 is 5.54 Å². The van der Waals surface area contributed by atoms with Crippen molar-refractivity contribution in [3.63, 3.8) is 0 Å². The number of carbonyl (C=O) groups excluding carboxylic acids is 2. The maximum atomic E-state index is 12.4. The second kappa shape index (κ2) is 5.93. The zero-order chi connectivity index (χ0) is 13.9. The molecule has 0 radical (unpaired) electrons. The lowest BCUT2D eigenvalue weighted by molar-refractivity contribution is -0.131. The molecule has 0 aromatic carbocycles. The van der Waals surface area contributed by atoms with Crippen LogP contribution >= 0.6 is 0 Å². The molecule has 0 spiro atoms. The van der Waals surface area contributed by atoms with E-state index in [4.69, 9.17) is 0 Å². The SMILES string of the molecule is CCC[C@]1(C)NC(=O)N(CC2CCCCCC2)C1=O. The van der Waals surface area contributed by atoms with Gasteiger partial charge in [-0.15, -0.1) is 0 Å². The fourth-order valence-corrected chi connectivity index (χ4v) is 3.39. The van der Waals surface area contributed by atoms with Gasteiger partial charge in [0.15, 0.2) is 0 Å². The fourth-order valence-electron chi connectivity index (χ4n) is 3.39. The molecule has 0 aromatic heterocycles. The summed E-state index contributed by atoms with van der Waals surface area (Å²) in [6.45, 7) is 4.51. The first-order valence-electron chi connectivity index (χ1n) is 7.71. The molecule has 1 saturated heterocycles. The van der Waals surface area contributed by atoms with Crippen LogP contribution in [-0.4, -0.2) is 28.9 Å². The zero-order valence-electron chi connectivity index (χ0n) is 12.2. The maximum Gasteiger partial charge on any atom is 0.325 e. The molecule has 108 valence electrons. The molecular formula is C15H26N2O2. The first-order valence-corrected chi connectivity index (χ1v) is 7.71. The Hall–Kier alpha value is -1.06.